The van der Waals surface area contributed by atoms with E-state index in [0.717, 1.165) is 15.2 Å². The van der Waals surface area contributed by atoms with Gasteiger partial charge in [-0.15, -0.1) is 11.3 Å². The van der Waals surface area contributed by atoms with Crippen LogP contribution >= 0.6 is 46.1 Å². The molecule has 112 valence electrons. The number of fused-ring (bicyclic) bond motifs is 1. The van der Waals surface area contributed by atoms with Crippen molar-refractivity contribution in [3.05, 3.63) is 66.1 Å². The van der Waals surface area contributed by atoms with Crippen molar-refractivity contribution in [1.82, 2.24) is 4.98 Å². The van der Waals surface area contributed by atoms with Gasteiger partial charge in [0.05, 0.1) is 35.2 Å². The lowest BCUT2D eigenvalue weighted by Crippen LogP contribution is -1.94. The Hall–Kier alpha value is -1.40. The predicted octanol–water partition coefficient (Wildman–Crippen LogP) is 5.76. The average Bonchev–Trinajstić information content (AvgIpc) is 2.86. The number of nitrogens with zero attached hydrogens (tertiary/aromatic N) is 2. The Morgan fingerprint density at radius 1 is 1.14 bits per heavy atom. The van der Waals surface area contributed by atoms with E-state index in [-0.39, 0.29) is 15.7 Å². The Bertz CT molecular complexity index is 872. The third-order valence-electron chi connectivity index (χ3n) is 3.08. The van der Waals surface area contributed by atoms with Gasteiger partial charge in [0, 0.05) is 18.6 Å². The molecule has 3 aromatic rings. The van der Waals surface area contributed by atoms with Gasteiger partial charge >= 0.3 is 0 Å². The fourth-order valence-electron chi connectivity index (χ4n) is 2.05. The van der Waals surface area contributed by atoms with E-state index < -0.39 is 4.92 Å². The summed E-state index contributed by atoms with van der Waals surface area (Å²) in [6, 6.07) is 8.10. The van der Waals surface area contributed by atoms with Gasteiger partial charge in [-0.25, -0.2) is 4.98 Å². The van der Waals surface area contributed by atoms with Crippen molar-refractivity contribution in [2.75, 3.05) is 0 Å². The van der Waals surface area contributed by atoms with E-state index >= 15 is 0 Å². The van der Waals surface area contributed by atoms with Gasteiger partial charge in [0.25, 0.3) is 5.69 Å². The number of aromatic nitrogens is 1. The zero-order valence-electron chi connectivity index (χ0n) is 10.8. The Kier molecular flexibility index (Phi) is 4.23. The van der Waals surface area contributed by atoms with E-state index in [1.54, 1.807) is 6.07 Å². The molecule has 0 amide bonds. The molecule has 22 heavy (non-hydrogen) atoms. The fraction of sp³-hybridized carbons (Fsp3) is 0.0714. The summed E-state index contributed by atoms with van der Waals surface area (Å²) < 4.78 is 0.897. The lowest BCUT2D eigenvalue weighted by molar-refractivity contribution is -0.384. The van der Waals surface area contributed by atoms with E-state index in [0.29, 0.717) is 17.0 Å². The van der Waals surface area contributed by atoms with Crippen molar-refractivity contribution in [3.63, 3.8) is 0 Å². The molecular weight excluding hydrogens is 367 g/mol. The quantitative estimate of drug-likeness (QED) is 0.433. The molecule has 0 bridgehead atoms. The van der Waals surface area contributed by atoms with E-state index in [2.05, 4.69) is 4.98 Å². The summed E-state index contributed by atoms with van der Waals surface area (Å²) in [6.07, 6.45) is 0.394. The molecular formula is C14H7Cl3N2O2S. The first kappa shape index (κ1) is 15.5. The van der Waals surface area contributed by atoms with Gasteiger partial charge in [-0.1, -0.05) is 40.9 Å². The number of thiazole rings is 1. The van der Waals surface area contributed by atoms with Crippen LogP contribution in [-0.2, 0) is 6.42 Å². The standard InChI is InChI=1S/C14H7Cl3N2O2S/c15-9-2-1-3-12-14(9)22-13(18-12)6-8-10(16)4-7(19(20)21)5-11(8)17/h1-5H,6H2. The molecule has 0 radical (unpaired) electrons. The van der Waals surface area contributed by atoms with E-state index in [1.807, 2.05) is 12.1 Å². The van der Waals surface area contributed by atoms with Gasteiger partial charge < -0.3 is 0 Å². The van der Waals surface area contributed by atoms with E-state index in [4.69, 9.17) is 34.8 Å². The number of nitro groups is 1. The minimum absolute atomic E-state index is 0.133. The largest absolute Gasteiger partial charge is 0.272 e. The molecule has 0 fully saturated rings. The van der Waals surface area contributed by atoms with Crippen molar-refractivity contribution >= 4 is 62.0 Å². The first-order valence-corrected chi connectivity index (χ1v) is 8.07. The average molecular weight is 374 g/mol. The summed E-state index contributed by atoms with van der Waals surface area (Å²) in [5.74, 6) is 0. The molecule has 2 aromatic carbocycles. The second kappa shape index (κ2) is 6.01. The van der Waals surface area contributed by atoms with E-state index in [1.165, 1.54) is 23.5 Å². The predicted molar refractivity (Wildman–Crippen MR) is 90.6 cm³/mol. The molecule has 4 nitrogen and oxygen atoms in total. The molecule has 8 heteroatoms. The van der Waals surface area contributed by atoms with Crippen LogP contribution in [0.5, 0.6) is 0 Å². The van der Waals surface area contributed by atoms with Crippen LogP contribution in [-0.4, -0.2) is 9.91 Å². The molecule has 0 aliphatic carbocycles. The molecule has 0 spiro atoms. The zero-order chi connectivity index (χ0) is 15.9. The minimum Gasteiger partial charge on any atom is -0.258 e. The van der Waals surface area contributed by atoms with Crippen molar-refractivity contribution in [1.29, 1.82) is 0 Å². The lowest BCUT2D eigenvalue weighted by Gasteiger charge is -2.05. The number of rotatable bonds is 3. The number of nitro benzene ring substituents is 1. The smallest absolute Gasteiger partial charge is 0.258 e. The highest BCUT2D eigenvalue weighted by Crippen LogP contribution is 2.35. The van der Waals surface area contributed by atoms with Gasteiger partial charge in [-0.05, 0) is 17.7 Å². The Labute approximate surface area is 144 Å². The first-order valence-electron chi connectivity index (χ1n) is 6.12. The minimum atomic E-state index is -0.529. The highest BCUT2D eigenvalue weighted by molar-refractivity contribution is 7.19. The van der Waals surface area contributed by atoms with Crippen molar-refractivity contribution in [2.45, 2.75) is 6.42 Å². The molecule has 0 saturated heterocycles. The highest BCUT2D eigenvalue weighted by Gasteiger charge is 2.16. The Balaban J connectivity index is 2.01. The number of halogens is 3. The topological polar surface area (TPSA) is 56.0 Å². The van der Waals surface area contributed by atoms with Crippen molar-refractivity contribution in [3.8, 4) is 0 Å². The Morgan fingerprint density at radius 2 is 1.82 bits per heavy atom. The maximum atomic E-state index is 10.8. The third kappa shape index (κ3) is 2.90. The summed E-state index contributed by atoms with van der Waals surface area (Å²) in [4.78, 5) is 14.8. The van der Waals surface area contributed by atoms with Crippen LogP contribution in [0.4, 0.5) is 5.69 Å². The van der Waals surface area contributed by atoms with Crippen molar-refractivity contribution in [2.24, 2.45) is 0 Å². The van der Waals surface area contributed by atoms with Crippen LogP contribution in [0.1, 0.15) is 10.6 Å². The number of hydrogen-bond donors (Lipinski definition) is 0. The molecule has 3 rings (SSSR count). The van der Waals surface area contributed by atoms with Crippen LogP contribution < -0.4 is 0 Å². The molecule has 0 unspecified atom stereocenters. The maximum Gasteiger partial charge on any atom is 0.272 e. The van der Waals surface area contributed by atoms with Gasteiger partial charge in [-0.3, -0.25) is 10.1 Å². The highest BCUT2D eigenvalue weighted by atomic mass is 35.5. The van der Waals surface area contributed by atoms with Crippen molar-refractivity contribution < 1.29 is 4.92 Å². The number of hydrogen-bond acceptors (Lipinski definition) is 4. The molecule has 1 aromatic heterocycles. The van der Waals surface area contributed by atoms with Gasteiger partial charge in [0.15, 0.2) is 0 Å². The van der Waals surface area contributed by atoms with E-state index in [9.17, 15) is 10.1 Å². The summed E-state index contributed by atoms with van der Waals surface area (Å²) in [6.45, 7) is 0. The second-order valence-electron chi connectivity index (χ2n) is 4.52. The number of non-ortho nitro benzene ring substituents is 1. The second-order valence-corrected chi connectivity index (χ2v) is 6.82. The summed E-state index contributed by atoms with van der Waals surface area (Å²) in [5.41, 5.74) is 1.29. The van der Waals surface area contributed by atoms with Crippen LogP contribution in [0, 0.1) is 10.1 Å². The SMILES string of the molecule is O=[N+]([O-])c1cc(Cl)c(Cc2nc3cccc(Cl)c3s2)c(Cl)c1. The van der Waals surface area contributed by atoms with Gasteiger partial charge in [-0.2, -0.15) is 0 Å². The molecule has 0 saturated carbocycles. The first-order chi connectivity index (χ1) is 10.5. The molecule has 0 aliphatic heterocycles. The van der Waals surface area contributed by atoms with Gasteiger partial charge in [0.1, 0.15) is 0 Å². The zero-order valence-corrected chi connectivity index (χ0v) is 13.9. The summed E-state index contributed by atoms with van der Waals surface area (Å²) in [7, 11) is 0. The van der Waals surface area contributed by atoms with Crippen LogP contribution in [0.2, 0.25) is 15.1 Å². The number of benzene rings is 2. The van der Waals surface area contributed by atoms with Gasteiger partial charge in [0.2, 0.25) is 0 Å². The van der Waals surface area contributed by atoms with Crippen LogP contribution in [0.25, 0.3) is 10.2 Å². The molecule has 0 atom stereocenters. The summed E-state index contributed by atoms with van der Waals surface area (Å²) in [5, 5.41) is 12.7. The monoisotopic (exact) mass is 372 g/mol. The fourth-order valence-corrected chi connectivity index (χ4v) is 3.93. The normalized spacial score (nSPS) is 11.0. The molecule has 0 N–H and O–H groups in total. The third-order valence-corrected chi connectivity index (χ3v) is 5.28. The lowest BCUT2D eigenvalue weighted by atomic mass is 10.1. The summed E-state index contributed by atoms with van der Waals surface area (Å²) >= 11 is 19.8. The maximum absolute atomic E-state index is 10.8. The molecule has 1 heterocycles. The molecule has 0 aliphatic rings. The van der Waals surface area contributed by atoms with Crippen LogP contribution in [0.3, 0.4) is 0 Å². The Morgan fingerprint density at radius 3 is 2.41 bits per heavy atom. The van der Waals surface area contributed by atoms with Crippen LogP contribution in [0.15, 0.2) is 30.3 Å².